The zero-order valence-corrected chi connectivity index (χ0v) is 10.4. The highest BCUT2D eigenvalue weighted by atomic mass is 16.5. The third-order valence-electron chi connectivity index (χ3n) is 2.96. The van der Waals surface area contributed by atoms with Gasteiger partial charge in [0.1, 0.15) is 17.9 Å². The molecule has 0 aromatic heterocycles. The highest BCUT2D eigenvalue weighted by Crippen LogP contribution is 2.25. The Morgan fingerprint density at radius 2 is 2.16 bits per heavy atom. The highest BCUT2D eigenvalue weighted by Gasteiger charge is 2.35. The maximum atomic E-state index is 10.6. The largest absolute Gasteiger partial charge is 0.507 e. The first kappa shape index (κ1) is 13.4. The summed E-state index contributed by atoms with van der Waals surface area (Å²) in [5.41, 5.74) is 0.430. The van der Waals surface area contributed by atoms with Gasteiger partial charge in [-0.2, -0.15) is 0 Å². The van der Waals surface area contributed by atoms with Crippen LogP contribution < -0.4 is 0 Å². The summed E-state index contributed by atoms with van der Waals surface area (Å²) in [5, 5.41) is 28.2. The van der Waals surface area contributed by atoms with Crippen molar-refractivity contribution >= 4 is 11.9 Å². The number of para-hydroxylation sites is 1. The lowest BCUT2D eigenvalue weighted by Crippen LogP contribution is -2.33. The molecule has 1 heterocycles. The van der Waals surface area contributed by atoms with Gasteiger partial charge in [-0.25, -0.2) is 4.99 Å². The van der Waals surface area contributed by atoms with E-state index in [4.69, 9.17) is 9.84 Å². The van der Waals surface area contributed by atoms with E-state index in [1.165, 1.54) is 6.07 Å². The summed E-state index contributed by atoms with van der Waals surface area (Å²) in [6.07, 6.45) is -1.95. The molecule has 0 spiro atoms. The molecule has 1 aliphatic rings. The van der Waals surface area contributed by atoms with Crippen molar-refractivity contribution < 1.29 is 24.9 Å². The number of benzene rings is 1. The first-order valence-corrected chi connectivity index (χ1v) is 5.91. The number of ether oxygens (including phenoxy) is 1. The van der Waals surface area contributed by atoms with Gasteiger partial charge in [0.2, 0.25) is 5.90 Å². The van der Waals surface area contributed by atoms with Crippen LogP contribution in [0.2, 0.25) is 0 Å². The van der Waals surface area contributed by atoms with Gasteiger partial charge in [-0.15, -0.1) is 0 Å². The number of nitrogens with zero attached hydrogens (tertiary/aromatic N) is 1. The summed E-state index contributed by atoms with van der Waals surface area (Å²) in [5.74, 6) is -0.840. The molecule has 1 aromatic rings. The Kier molecular flexibility index (Phi) is 3.71. The van der Waals surface area contributed by atoms with E-state index < -0.39 is 30.6 Å². The number of hydrogen-bond donors (Lipinski definition) is 3. The van der Waals surface area contributed by atoms with Crippen molar-refractivity contribution in [3.05, 3.63) is 29.8 Å². The van der Waals surface area contributed by atoms with Gasteiger partial charge in [0.05, 0.1) is 18.1 Å². The molecule has 0 radical (unpaired) electrons. The maximum Gasteiger partial charge on any atom is 0.306 e. The Morgan fingerprint density at radius 1 is 1.47 bits per heavy atom. The first-order valence-electron chi connectivity index (χ1n) is 5.91. The molecular formula is C13H15NO5. The molecule has 0 saturated carbocycles. The number of aromatic hydroxyl groups is 1. The Bertz CT molecular complexity index is 514. The third kappa shape index (κ3) is 2.85. The van der Waals surface area contributed by atoms with Crippen LogP contribution in [0, 0.1) is 0 Å². The Balaban J connectivity index is 2.21. The zero-order chi connectivity index (χ0) is 14.0. The van der Waals surface area contributed by atoms with Crippen LogP contribution in [-0.2, 0) is 9.53 Å². The number of aliphatic carboxylic acids is 1. The summed E-state index contributed by atoms with van der Waals surface area (Å²) in [7, 11) is 0. The van der Waals surface area contributed by atoms with E-state index in [0.29, 0.717) is 5.56 Å². The molecule has 0 bridgehead atoms. The number of aliphatic hydroxyl groups is 1. The lowest BCUT2D eigenvalue weighted by molar-refractivity contribution is -0.139. The van der Waals surface area contributed by atoms with Crippen molar-refractivity contribution in [3.63, 3.8) is 0 Å². The predicted octanol–water partition coefficient (Wildman–Crippen LogP) is 0.762. The number of aliphatic imine (C=N–C) groups is 1. The van der Waals surface area contributed by atoms with Crippen molar-refractivity contribution in [3.8, 4) is 5.75 Å². The molecule has 0 saturated heterocycles. The molecule has 6 nitrogen and oxygen atoms in total. The van der Waals surface area contributed by atoms with Crippen molar-refractivity contribution in [2.45, 2.75) is 31.6 Å². The Morgan fingerprint density at radius 3 is 2.79 bits per heavy atom. The van der Waals surface area contributed by atoms with Crippen LogP contribution in [0.4, 0.5) is 0 Å². The molecule has 19 heavy (non-hydrogen) atoms. The van der Waals surface area contributed by atoms with Gasteiger partial charge in [0.15, 0.2) is 0 Å². The number of carboxylic acid groups (broad SMARTS) is 1. The molecule has 1 aliphatic heterocycles. The smallest absolute Gasteiger partial charge is 0.306 e. The fourth-order valence-corrected chi connectivity index (χ4v) is 2.00. The number of phenolic OH excluding ortho intramolecular Hbond substituents is 1. The van der Waals surface area contributed by atoms with E-state index in [-0.39, 0.29) is 11.6 Å². The number of hydrogen-bond acceptors (Lipinski definition) is 5. The van der Waals surface area contributed by atoms with Crippen molar-refractivity contribution in [2.75, 3.05) is 0 Å². The van der Waals surface area contributed by atoms with Crippen LogP contribution >= 0.6 is 0 Å². The second-order valence-electron chi connectivity index (χ2n) is 4.43. The number of carbonyl (C=O) groups is 1. The monoisotopic (exact) mass is 265 g/mol. The Hall–Kier alpha value is -2.08. The van der Waals surface area contributed by atoms with Gasteiger partial charge in [-0.3, -0.25) is 4.79 Å². The van der Waals surface area contributed by atoms with Crippen LogP contribution in [0.25, 0.3) is 0 Å². The molecule has 1 aromatic carbocycles. The summed E-state index contributed by atoms with van der Waals surface area (Å²) in [4.78, 5) is 14.8. The second kappa shape index (κ2) is 5.27. The van der Waals surface area contributed by atoms with E-state index in [2.05, 4.69) is 4.99 Å². The quantitative estimate of drug-likeness (QED) is 0.746. The lowest BCUT2D eigenvalue weighted by Gasteiger charge is -2.17. The number of aliphatic hydroxyl groups excluding tert-OH is 1. The third-order valence-corrected chi connectivity index (χ3v) is 2.96. The molecule has 0 amide bonds. The highest BCUT2D eigenvalue weighted by molar-refractivity contribution is 5.97. The standard InChI is InChI=1S/C13H15NO5/c1-7-12(10(16)6-11(17)18)14-13(19-7)8-4-2-3-5-9(8)15/h2-5,7,10,12,15-16H,6H2,1H3,(H,17,18)/t7-,10+,12+/m0/s1. The summed E-state index contributed by atoms with van der Waals surface area (Å²) >= 11 is 0. The second-order valence-corrected chi connectivity index (χ2v) is 4.43. The van der Waals surface area contributed by atoms with Crippen LogP contribution in [0.5, 0.6) is 5.75 Å². The van der Waals surface area contributed by atoms with Crippen molar-refractivity contribution in [1.82, 2.24) is 0 Å². The van der Waals surface area contributed by atoms with E-state index in [1.807, 2.05) is 0 Å². The van der Waals surface area contributed by atoms with Crippen LogP contribution in [-0.4, -0.2) is 45.4 Å². The number of phenols is 1. The van der Waals surface area contributed by atoms with Crippen molar-refractivity contribution in [2.24, 2.45) is 4.99 Å². The Labute approximate surface area is 110 Å². The zero-order valence-electron chi connectivity index (χ0n) is 10.4. The summed E-state index contributed by atoms with van der Waals surface area (Å²) in [6, 6.07) is 5.91. The fourth-order valence-electron chi connectivity index (χ4n) is 2.00. The fraction of sp³-hybridized carbons (Fsp3) is 0.385. The maximum absolute atomic E-state index is 10.6. The minimum absolute atomic E-state index is 0.0295. The van der Waals surface area contributed by atoms with E-state index in [0.717, 1.165) is 0 Å². The number of rotatable bonds is 4. The van der Waals surface area contributed by atoms with Crippen LogP contribution in [0.1, 0.15) is 18.9 Å². The number of carboxylic acids is 1. The topological polar surface area (TPSA) is 99.4 Å². The molecule has 0 unspecified atom stereocenters. The van der Waals surface area contributed by atoms with Gasteiger partial charge in [0, 0.05) is 0 Å². The summed E-state index contributed by atoms with van der Waals surface area (Å²) < 4.78 is 5.48. The van der Waals surface area contributed by atoms with Gasteiger partial charge < -0.3 is 20.1 Å². The van der Waals surface area contributed by atoms with Crippen molar-refractivity contribution in [1.29, 1.82) is 0 Å². The van der Waals surface area contributed by atoms with E-state index in [1.54, 1.807) is 25.1 Å². The normalized spacial score (nSPS) is 23.6. The average Bonchev–Trinajstić information content (AvgIpc) is 2.71. The molecule has 0 aliphatic carbocycles. The van der Waals surface area contributed by atoms with E-state index >= 15 is 0 Å². The molecule has 0 fully saturated rings. The van der Waals surface area contributed by atoms with Crippen LogP contribution in [0.3, 0.4) is 0 Å². The SMILES string of the molecule is C[C@@H]1OC(c2ccccc2O)=N[C@H]1[C@H](O)CC(=O)O. The van der Waals surface area contributed by atoms with Gasteiger partial charge >= 0.3 is 5.97 Å². The first-order chi connectivity index (χ1) is 8.99. The minimum atomic E-state index is -1.11. The molecule has 3 atom stereocenters. The molecule has 102 valence electrons. The molecule has 3 N–H and O–H groups in total. The predicted molar refractivity (Wildman–Crippen MR) is 67.2 cm³/mol. The van der Waals surface area contributed by atoms with Gasteiger partial charge in [-0.1, -0.05) is 12.1 Å². The average molecular weight is 265 g/mol. The minimum Gasteiger partial charge on any atom is -0.507 e. The van der Waals surface area contributed by atoms with Crippen LogP contribution in [0.15, 0.2) is 29.3 Å². The molecule has 6 heteroatoms. The van der Waals surface area contributed by atoms with E-state index in [9.17, 15) is 15.0 Å². The lowest BCUT2D eigenvalue weighted by atomic mass is 10.0. The summed E-state index contributed by atoms with van der Waals surface area (Å²) in [6.45, 7) is 1.70. The van der Waals surface area contributed by atoms with Gasteiger partial charge in [-0.05, 0) is 19.1 Å². The van der Waals surface area contributed by atoms with Gasteiger partial charge in [0.25, 0.3) is 0 Å². The molecular weight excluding hydrogens is 250 g/mol. The molecule has 2 rings (SSSR count).